The van der Waals surface area contributed by atoms with E-state index in [9.17, 15) is 14.6 Å². The van der Waals surface area contributed by atoms with E-state index in [1.165, 1.54) is 18.5 Å². The van der Waals surface area contributed by atoms with E-state index in [1.807, 2.05) is 23.8 Å². The van der Waals surface area contributed by atoms with E-state index >= 15 is 0 Å². The molecule has 3 aromatic rings. The van der Waals surface area contributed by atoms with Gasteiger partial charge in [-0.25, -0.2) is 14.4 Å². The first kappa shape index (κ1) is 18.0. The highest BCUT2D eigenvalue weighted by atomic mass is 19.1. The van der Waals surface area contributed by atoms with Gasteiger partial charge in [-0.05, 0) is 49.6 Å². The summed E-state index contributed by atoms with van der Waals surface area (Å²) in [6.07, 6.45) is 2.08. The number of rotatable bonds is 4. The number of hydrogen-bond acceptors (Lipinski definition) is 5. The second kappa shape index (κ2) is 6.99. The van der Waals surface area contributed by atoms with Crippen molar-refractivity contribution in [3.63, 3.8) is 0 Å². The first-order valence-electron chi connectivity index (χ1n) is 9.11. The van der Waals surface area contributed by atoms with Crippen LogP contribution in [0.3, 0.4) is 0 Å². The molecular weight excluding hydrogens is 347 g/mol. The largest absolute Gasteiger partial charge is 0.390 e. The Morgan fingerprint density at radius 3 is 2.63 bits per heavy atom. The molecule has 4 rings (SSSR count). The Labute approximate surface area is 156 Å². The number of aliphatic hydroxyl groups is 2. The number of aliphatic hydroxyl groups excluding tert-OH is 2. The van der Waals surface area contributed by atoms with Crippen molar-refractivity contribution in [2.24, 2.45) is 11.7 Å². The molecule has 1 saturated carbocycles. The lowest BCUT2D eigenvalue weighted by Crippen LogP contribution is -2.33. The zero-order chi connectivity index (χ0) is 19.1. The summed E-state index contributed by atoms with van der Waals surface area (Å²) in [6.45, 7) is 2.22. The minimum atomic E-state index is -0.935. The smallest absolute Gasteiger partial charge is 0.143 e. The van der Waals surface area contributed by atoms with Crippen LogP contribution in [0.5, 0.6) is 0 Å². The van der Waals surface area contributed by atoms with Crippen LogP contribution in [-0.4, -0.2) is 43.5 Å². The number of nitrogens with zero attached hydrogens (tertiary/aromatic N) is 3. The predicted molar refractivity (Wildman–Crippen MR) is 99.6 cm³/mol. The fourth-order valence-electron chi connectivity index (χ4n) is 4.35. The number of nitrogens with two attached hydrogens (primary N) is 1. The van der Waals surface area contributed by atoms with E-state index in [4.69, 9.17) is 5.73 Å². The van der Waals surface area contributed by atoms with Crippen LogP contribution in [0.15, 0.2) is 42.9 Å². The quantitative estimate of drug-likeness (QED) is 0.652. The van der Waals surface area contributed by atoms with Crippen LogP contribution in [0, 0.1) is 18.7 Å². The zero-order valence-corrected chi connectivity index (χ0v) is 15.0. The molecule has 0 radical (unpaired) electrons. The molecule has 2 aromatic heterocycles. The van der Waals surface area contributed by atoms with E-state index in [0.29, 0.717) is 13.0 Å². The lowest BCUT2D eigenvalue weighted by atomic mass is 9.83. The minimum absolute atomic E-state index is 0.168. The molecule has 2 heterocycles. The van der Waals surface area contributed by atoms with E-state index in [2.05, 4.69) is 9.97 Å². The summed E-state index contributed by atoms with van der Waals surface area (Å²) in [7, 11) is 0. The van der Waals surface area contributed by atoms with Crippen LogP contribution in [-0.2, 0) is 0 Å². The monoisotopic (exact) mass is 370 g/mol. The van der Waals surface area contributed by atoms with Gasteiger partial charge in [-0.3, -0.25) is 0 Å². The summed E-state index contributed by atoms with van der Waals surface area (Å²) in [4.78, 5) is 8.56. The molecule has 1 aliphatic rings. The topological polar surface area (TPSA) is 97.2 Å². The summed E-state index contributed by atoms with van der Waals surface area (Å²) in [6, 6.07) is 7.80. The molecule has 3 unspecified atom stereocenters. The van der Waals surface area contributed by atoms with Crippen molar-refractivity contribution >= 4 is 11.0 Å². The molecule has 7 heteroatoms. The Bertz CT molecular complexity index is 943. The number of benzene rings is 1. The fraction of sp³-hybridized carbons (Fsp3) is 0.400. The lowest BCUT2D eigenvalue weighted by Gasteiger charge is -2.25. The van der Waals surface area contributed by atoms with Gasteiger partial charge in [-0.2, -0.15) is 0 Å². The molecule has 142 valence electrons. The van der Waals surface area contributed by atoms with Crippen LogP contribution >= 0.6 is 0 Å². The van der Waals surface area contributed by atoms with Crippen molar-refractivity contribution < 1.29 is 14.6 Å². The summed E-state index contributed by atoms with van der Waals surface area (Å²) in [5.74, 6) is -0.715. The number of fused-ring (bicyclic) bond motifs is 1. The maximum Gasteiger partial charge on any atom is 0.143 e. The predicted octanol–water partition coefficient (Wildman–Crippen LogP) is 1.90. The van der Waals surface area contributed by atoms with Gasteiger partial charge in [0, 0.05) is 17.5 Å². The second-order valence-corrected chi connectivity index (χ2v) is 7.26. The molecule has 0 aliphatic heterocycles. The van der Waals surface area contributed by atoms with Gasteiger partial charge in [0.1, 0.15) is 23.9 Å². The lowest BCUT2D eigenvalue weighted by molar-refractivity contribution is 0.00238. The van der Waals surface area contributed by atoms with E-state index < -0.39 is 12.2 Å². The third-order valence-electron chi connectivity index (χ3n) is 5.83. The molecule has 5 atom stereocenters. The second-order valence-electron chi connectivity index (χ2n) is 7.26. The molecule has 1 fully saturated rings. The Hall–Kier alpha value is -2.35. The first-order chi connectivity index (χ1) is 13.0. The molecule has 6 nitrogen and oxygen atoms in total. The van der Waals surface area contributed by atoms with Gasteiger partial charge in [0.05, 0.1) is 17.8 Å². The van der Waals surface area contributed by atoms with Crippen molar-refractivity contribution in [2.45, 2.75) is 37.5 Å². The molecule has 27 heavy (non-hydrogen) atoms. The standard InChI is InChI=1S/C20H23FN4O2/c1-11-14-6-7-25(20(14)24-10-23-11)17-8-15(18(26)19(17)27)16(9-22)12-2-4-13(21)5-3-12/h2-7,10,15-19,26-27H,8-9,22H2,1H3/t15?,16?,17?,18-,19+/m1/s1. The maximum absolute atomic E-state index is 13.3. The molecule has 1 aliphatic carbocycles. The van der Waals surface area contributed by atoms with Gasteiger partial charge in [-0.15, -0.1) is 0 Å². The molecule has 0 spiro atoms. The van der Waals surface area contributed by atoms with E-state index in [-0.39, 0.29) is 23.7 Å². The minimum Gasteiger partial charge on any atom is -0.390 e. The fourth-order valence-corrected chi connectivity index (χ4v) is 4.35. The average Bonchev–Trinajstić information content (AvgIpc) is 3.21. The van der Waals surface area contributed by atoms with Crippen molar-refractivity contribution in [1.82, 2.24) is 14.5 Å². The third kappa shape index (κ3) is 3.01. The van der Waals surface area contributed by atoms with Crippen molar-refractivity contribution in [3.8, 4) is 0 Å². The van der Waals surface area contributed by atoms with Crippen molar-refractivity contribution in [1.29, 1.82) is 0 Å². The van der Waals surface area contributed by atoms with Gasteiger partial charge >= 0.3 is 0 Å². The van der Waals surface area contributed by atoms with Gasteiger partial charge in [-0.1, -0.05) is 12.1 Å². The van der Waals surface area contributed by atoms with Crippen LogP contribution in [0.2, 0.25) is 0 Å². The molecule has 0 bridgehead atoms. The number of halogens is 1. The average molecular weight is 370 g/mol. The van der Waals surface area contributed by atoms with Crippen molar-refractivity contribution in [2.75, 3.05) is 6.54 Å². The highest BCUT2D eigenvalue weighted by Gasteiger charge is 2.46. The summed E-state index contributed by atoms with van der Waals surface area (Å²) < 4.78 is 15.2. The van der Waals surface area contributed by atoms with Crippen LogP contribution < -0.4 is 5.73 Å². The summed E-state index contributed by atoms with van der Waals surface area (Å²) in [5.41, 5.74) is 8.47. The molecular formula is C20H23FN4O2. The van der Waals surface area contributed by atoms with Crippen LogP contribution in [0.4, 0.5) is 4.39 Å². The Morgan fingerprint density at radius 2 is 1.93 bits per heavy atom. The highest BCUT2D eigenvalue weighted by Crippen LogP contribution is 2.43. The maximum atomic E-state index is 13.3. The first-order valence-corrected chi connectivity index (χ1v) is 9.11. The highest BCUT2D eigenvalue weighted by molar-refractivity contribution is 5.78. The normalized spacial score (nSPS) is 26.6. The molecule has 0 saturated heterocycles. The Morgan fingerprint density at radius 1 is 1.19 bits per heavy atom. The van der Waals surface area contributed by atoms with E-state index in [1.54, 1.807) is 12.1 Å². The number of hydrogen-bond donors (Lipinski definition) is 3. The molecule has 1 aromatic carbocycles. The van der Waals surface area contributed by atoms with Gasteiger partial charge in [0.25, 0.3) is 0 Å². The Kier molecular flexibility index (Phi) is 4.67. The third-order valence-corrected chi connectivity index (χ3v) is 5.83. The summed E-state index contributed by atoms with van der Waals surface area (Å²) >= 11 is 0. The molecule has 0 amide bonds. The summed E-state index contributed by atoms with van der Waals surface area (Å²) in [5, 5.41) is 22.4. The zero-order valence-electron chi connectivity index (χ0n) is 15.0. The van der Waals surface area contributed by atoms with Crippen LogP contribution in [0.25, 0.3) is 11.0 Å². The SMILES string of the molecule is Cc1ncnc2c1ccn2C1CC(C(CN)c2ccc(F)cc2)[C@@H](O)[C@H]1O. The Balaban J connectivity index is 1.67. The van der Waals surface area contributed by atoms with Crippen molar-refractivity contribution in [3.05, 3.63) is 59.9 Å². The van der Waals surface area contributed by atoms with Gasteiger partial charge < -0.3 is 20.5 Å². The number of aromatic nitrogens is 3. The van der Waals surface area contributed by atoms with Gasteiger partial charge in [0.2, 0.25) is 0 Å². The van der Waals surface area contributed by atoms with Crippen LogP contribution in [0.1, 0.15) is 29.6 Å². The van der Waals surface area contributed by atoms with Gasteiger partial charge in [0.15, 0.2) is 0 Å². The number of aryl methyl sites for hydroxylation is 1. The van der Waals surface area contributed by atoms with E-state index in [0.717, 1.165) is 22.3 Å². The molecule has 4 N–H and O–H groups in total.